The Hall–Kier alpha value is -2.05. The van der Waals surface area contributed by atoms with Crippen molar-refractivity contribution < 1.29 is 14.7 Å². The first-order valence-electron chi connectivity index (χ1n) is 5.83. The fourth-order valence-electron chi connectivity index (χ4n) is 2.05. The van der Waals surface area contributed by atoms with Crippen LogP contribution in [0.5, 0.6) is 0 Å². The molecule has 98 valence electrons. The van der Waals surface area contributed by atoms with Gasteiger partial charge < -0.3 is 15.3 Å². The van der Waals surface area contributed by atoms with E-state index in [-0.39, 0.29) is 12.6 Å². The van der Waals surface area contributed by atoms with Crippen molar-refractivity contribution in [3.8, 4) is 0 Å². The van der Waals surface area contributed by atoms with Crippen LogP contribution in [0.2, 0.25) is 0 Å². The maximum absolute atomic E-state index is 11.9. The molecule has 1 aromatic heterocycles. The highest BCUT2D eigenvalue weighted by molar-refractivity contribution is 5.89. The first kappa shape index (κ1) is 12.4. The molecule has 1 fully saturated rings. The standard InChI is InChI=1S/C11H16N4O3/c1-14-7-9(5-12-14)13-11(18)15-4-2-3-8(6-15)10(16)17/h5,7-8H,2-4,6H2,1H3,(H,13,18)(H,16,17)/t8-/m1/s1. The second kappa shape index (κ2) is 5.07. The van der Waals surface area contributed by atoms with Crippen LogP contribution >= 0.6 is 0 Å². The SMILES string of the molecule is Cn1cc(NC(=O)N2CCC[C@@H](C(=O)O)C2)cn1. The Labute approximate surface area is 104 Å². The quantitative estimate of drug-likeness (QED) is 0.813. The lowest BCUT2D eigenvalue weighted by Gasteiger charge is -2.30. The molecule has 2 heterocycles. The van der Waals surface area contributed by atoms with Crippen LogP contribution in [0.3, 0.4) is 0 Å². The highest BCUT2D eigenvalue weighted by Crippen LogP contribution is 2.17. The van der Waals surface area contributed by atoms with Crippen LogP contribution in [0, 0.1) is 5.92 Å². The third kappa shape index (κ3) is 2.79. The number of aryl methyl sites for hydroxylation is 1. The molecule has 7 nitrogen and oxygen atoms in total. The second-order valence-corrected chi connectivity index (χ2v) is 4.46. The average molecular weight is 252 g/mol. The molecule has 1 saturated heterocycles. The van der Waals surface area contributed by atoms with E-state index < -0.39 is 11.9 Å². The summed E-state index contributed by atoms with van der Waals surface area (Å²) in [6.07, 6.45) is 4.59. The molecule has 0 radical (unpaired) electrons. The summed E-state index contributed by atoms with van der Waals surface area (Å²) in [6, 6.07) is -0.269. The topological polar surface area (TPSA) is 87.5 Å². The predicted octanol–water partition coefficient (Wildman–Crippen LogP) is 0.749. The van der Waals surface area contributed by atoms with Crippen LogP contribution < -0.4 is 5.32 Å². The number of rotatable bonds is 2. The Bertz CT molecular complexity index is 457. The van der Waals surface area contributed by atoms with E-state index in [1.807, 2.05) is 0 Å². The van der Waals surface area contributed by atoms with Gasteiger partial charge in [-0.1, -0.05) is 0 Å². The molecule has 1 atom stereocenters. The van der Waals surface area contributed by atoms with E-state index in [1.165, 1.54) is 4.90 Å². The summed E-state index contributed by atoms with van der Waals surface area (Å²) in [5.74, 6) is -1.30. The normalized spacial score (nSPS) is 19.6. The van der Waals surface area contributed by atoms with Crippen LogP contribution in [0.25, 0.3) is 0 Å². The molecule has 2 rings (SSSR count). The van der Waals surface area contributed by atoms with Gasteiger partial charge in [-0.2, -0.15) is 5.10 Å². The van der Waals surface area contributed by atoms with Crippen molar-refractivity contribution in [2.45, 2.75) is 12.8 Å². The maximum Gasteiger partial charge on any atom is 0.321 e. The summed E-state index contributed by atoms with van der Waals surface area (Å²) >= 11 is 0. The molecule has 2 N–H and O–H groups in total. The van der Waals surface area contributed by atoms with Gasteiger partial charge in [-0.3, -0.25) is 9.48 Å². The van der Waals surface area contributed by atoms with Crippen LogP contribution in [-0.4, -0.2) is 44.9 Å². The lowest BCUT2D eigenvalue weighted by molar-refractivity contribution is -0.143. The smallest absolute Gasteiger partial charge is 0.321 e. The Kier molecular flexibility index (Phi) is 3.50. The number of aromatic nitrogens is 2. The zero-order valence-electron chi connectivity index (χ0n) is 10.2. The van der Waals surface area contributed by atoms with E-state index in [0.29, 0.717) is 18.7 Å². The summed E-state index contributed by atoms with van der Waals surface area (Å²) in [5.41, 5.74) is 0.611. The summed E-state index contributed by atoms with van der Waals surface area (Å²) in [5, 5.41) is 15.6. The van der Waals surface area contributed by atoms with Crippen molar-refractivity contribution in [2.75, 3.05) is 18.4 Å². The molecule has 1 aromatic rings. The number of nitrogens with zero attached hydrogens (tertiary/aromatic N) is 3. The number of carboxylic acid groups (broad SMARTS) is 1. The van der Waals surface area contributed by atoms with Crippen molar-refractivity contribution in [1.29, 1.82) is 0 Å². The van der Waals surface area contributed by atoms with E-state index in [0.717, 1.165) is 6.42 Å². The first-order valence-corrected chi connectivity index (χ1v) is 5.83. The molecule has 0 unspecified atom stereocenters. The van der Waals surface area contributed by atoms with Crippen LogP contribution in [0.15, 0.2) is 12.4 Å². The van der Waals surface area contributed by atoms with Crippen molar-refractivity contribution in [3.05, 3.63) is 12.4 Å². The number of hydrogen-bond acceptors (Lipinski definition) is 3. The Morgan fingerprint density at radius 1 is 1.56 bits per heavy atom. The number of aliphatic carboxylic acids is 1. The molecule has 1 aliphatic rings. The zero-order valence-corrected chi connectivity index (χ0v) is 10.2. The summed E-state index contributed by atoms with van der Waals surface area (Å²) < 4.78 is 1.59. The number of carbonyl (C=O) groups excluding carboxylic acids is 1. The highest BCUT2D eigenvalue weighted by Gasteiger charge is 2.28. The average Bonchev–Trinajstić information content (AvgIpc) is 2.75. The monoisotopic (exact) mass is 252 g/mol. The summed E-state index contributed by atoms with van der Waals surface area (Å²) in [4.78, 5) is 24.4. The molecule has 0 spiro atoms. The zero-order chi connectivity index (χ0) is 13.1. The Morgan fingerprint density at radius 3 is 2.94 bits per heavy atom. The third-order valence-electron chi connectivity index (χ3n) is 3.01. The minimum atomic E-state index is -0.839. The number of carboxylic acids is 1. The molecular weight excluding hydrogens is 236 g/mol. The number of amides is 2. The van der Waals surface area contributed by atoms with E-state index in [1.54, 1.807) is 24.1 Å². The van der Waals surface area contributed by atoms with Gasteiger partial charge in [0.2, 0.25) is 0 Å². The predicted molar refractivity (Wildman–Crippen MR) is 64.2 cm³/mol. The number of piperidine rings is 1. The second-order valence-electron chi connectivity index (χ2n) is 4.46. The van der Waals surface area contributed by atoms with E-state index in [9.17, 15) is 9.59 Å². The first-order chi connectivity index (χ1) is 8.56. The number of urea groups is 1. The lowest BCUT2D eigenvalue weighted by atomic mass is 9.99. The minimum absolute atomic E-state index is 0.265. The number of anilines is 1. The van der Waals surface area contributed by atoms with E-state index in [2.05, 4.69) is 10.4 Å². The van der Waals surface area contributed by atoms with Crippen molar-refractivity contribution in [1.82, 2.24) is 14.7 Å². The Balaban J connectivity index is 1.94. The van der Waals surface area contributed by atoms with E-state index in [4.69, 9.17) is 5.11 Å². The number of nitrogens with one attached hydrogen (secondary N) is 1. The van der Waals surface area contributed by atoms with Gasteiger partial charge in [0, 0.05) is 26.3 Å². The largest absolute Gasteiger partial charge is 0.481 e. The van der Waals surface area contributed by atoms with Crippen LogP contribution in [0.1, 0.15) is 12.8 Å². The highest BCUT2D eigenvalue weighted by atomic mass is 16.4. The molecule has 1 aliphatic heterocycles. The van der Waals surface area contributed by atoms with Gasteiger partial charge in [0.15, 0.2) is 0 Å². The third-order valence-corrected chi connectivity index (χ3v) is 3.01. The molecule has 18 heavy (non-hydrogen) atoms. The molecular formula is C11H16N4O3. The maximum atomic E-state index is 11.9. The van der Waals surface area contributed by atoms with Crippen LogP contribution in [-0.2, 0) is 11.8 Å². The minimum Gasteiger partial charge on any atom is -0.481 e. The lowest BCUT2D eigenvalue weighted by Crippen LogP contribution is -2.44. The van der Waals surface area contributed by atoms with E-state index >= 15 is 0 Å². The molecule has 7 heteroatoms. The number of hydrogen-bond donors (Lipinski definition) is 2. The molecule has 2 amide bonds. The molecule has 0 saturated carbocycles. The Morgan fingerprint density at radius 2 is 2.33 bits per heavy atom. The number of likely N-dealkylation sites (tertiary alicyclic amines) is 1. The van der Waals surface area contributed by atoms with Gasteiger partial charge in [0.1, 0.15) is 0 Å². The van der Waals surface area contributed by atoms with Crippen molar-refractivity contribution in [2.24, 2.45) is 13.0 Å². The van der Waals surface area contributed by atoms with Crippen molar-refractivity contribution in [3.63, 3.8) is 0 Å². The summed E-state index contributed by atoms with van der Waals surface area (Å²) in [7, 11) is 1.76. The molecule has 0 aliphatic carbocycles. The van der Waals surface area contributed by atoms with Gasteiger partial charge in [0.25, 0.3) is 0 Å². The van der Waals surface area contributed by atoms with Gasteiger partial charge in [0.05, 0.1) is 17.8 Å². The molecule has 0 aromatic carbocycles. The fraction of sp³-hybridized carbons (Fsp3) is 0.545. The van der Waals surface area contributed by atoms with Gasteiger partial charge in [-0.25, -0.2) is 4.79 Å². The molecule has 0 bridgehead atoms. The van der Waals surface area contributed by atoms with Crippen molar-refractivity contribution >= 4 is 17.7 Å². The van der Waals surface area contributed by atoms with Crippen LogP contribution in [0.4, 0.5) is 10.5 Å². The van der Waals surface area contributed by atoms with Gasteiger partial charge in [-0.05, 0) is 12.8 Å². The fourth-order valence-corrected chi connectivity index (χ4v) is 2.05. The van der Waals surface area contributed by atoms with Gasteiger partial charge in [-0.15, -0.1) is 0 Å². The summed E-state index contributed by atoms with van der Waals surface area (Å²) in [6.45, 7) is 0.858. The van der Waals surface area contributed by atoms with Gasteiger partial charge >= 0.3 is 12.0 Å². The number of carbonyl (C=O) groups is 2.